The summed E-state index contributed by atoms with van der Waals surface area (Å²) in [4.78, 5) is 0. The molecule has 0 aliphatic carbocycles. The molecule has 84 valence electrons. The zero-order chi connectivity index (χ0) is 11.4. The van der Waals surface area contributed by atoms with E-state index in [4.69, 9.17) is 5.73 Å². The SMILES string of the molecule is Cc1cc(C(CN)NC(C)C)ccc1Br. The number of aryl methyl sites for hydroxylation is 1. The second-order valence-corrected chi connectivity index (χ2v) is 4.97. The molecule has 0 spiro atoms. The Kier molecular flexibility index (Phi) is 4.77. The molecular formula is C12H19BrN2. The molecule has 0 aliphatic heterocycles. The van der Waals surface area contributed by atoms with Crippen LogP contribution in [-0.4, -0.2) is 12.6 Å². The monoisotopic (exact) mass is 270 g/mol. The summed E-state index contributed by atoms with van der Waals surface area (Å²) < 4.78 is 1.14. The number of hydrogen-bond acceptors (Lipinski definition) is 2. The van der Waals surface area contributed by atoms with Gasteiger partial charge in [-0.1, -0.05) is 41.9 Å². The summed E-state index contributed by atoms with van der Waals surface area (Å²) in [5.74, 6) is 0. The second kappa shape index (κ2) is 5.64. The zero-order valence-electron chi connectivity index (χ0n) is 9.55. The van der Waals surface area contributed by atoms with E-state index in [2.05, 4.69) is 60.2 Å². The predicted molar refractivity (Wildman–Crippen MR) is 68.9 cm³/mol. The molecule has 0 saturated heterocycles. The van der Waals surface area contributed by atoms with Gasteiger partial charge in [0.1, 0.15) is 0 Å². The molecule has 1 aromatic rings. The number of nitrogens with two attached hydrogens (primary N) is 1. The summed E-state index contributed by atoms with van der Waals surface area (Å²) in [7, 11) is 0. The van der Waals surface area contributed by atoms with Crippen molar-refractivity contribution in [2.24, 2.45) is 5.73 Å². The van der Waals surface area contributed by atoms with E-state index < -0.39 is 0 Å². The molecule has 0 radical (unpaired) electrons. The van der Waals surface area contributed by atoms with Crippen molar-refractivity contribution in [1.29, 1.82) is 0 Å². The standard InChI is InChI=1S/C12H19BrN2/c1-8(2)15-12(7-14)10-4-5-11(13)9(3)6-10/h4-6,8,12,15H,7,14H2,1-3H3. The Morgan fingerprint density at radius 1 is 1.40 bits per heavy atom. The van der Waals surface area contributed by atoms with E-state index >= 15 is 0 Å². The van der Waals surface area contributed by atoms with Crippen LogP contribution in [0.4, 0.5) is 0 Å². The van der Waals surface area contributed by atoms with Crippen LogP contribution >= 0.6 is 15.9 Å². The summed E-state index contributed by atoms with van der Waals surface area (Å²) >= 11 is 3.50. The third-order valence-electron chi connectivity index (χ3n) is 2.35. The number of rotatable bonds is 4. The van der Waals surface area contributed by atoms with Crippen molar-refractivity contribution < 1.29 is 0 Å². The molecule has 0 amide bonds. The van der Waals surface area contributed by atoms with Gasteiger partial charge in [-0.2, -0.15) is 0 Å². The third-order valence-corrected chi connectivity index (χ3v) is 3.24. The van der Waals surface area contributed by atoms with Crippen LogP contribution in [0.25, 0.3) is 0 Å². The van der Waals surface area contributed by atoms with Crippen molar-refractivity contribution in [3.8, 4) is 0 Å². The first-order valence-corrected chi connectivity index (χ1v) is 6.06. The zero-order valence-corrected chi connectivity index (χ0v) is 11.1. The molecule has 3 heteroatoms. The Balaban J connectivity index is 2.87. The van der Waals surface area contributed by atoms with E-state index in [1.165, 1.54) is 11.1 Å². The Hall–Kier alpha value is -0.380. The fourth-order valence-electron chi connectivity index (χ4n) is 1.59. The van der Waals surface area contributed by atoms with E-state index in [9.17, 15) is 0 Å². The van der Waals surface area contributed by atoms with Gasteiger partial charge in [-0.25, -0.2) is 0 Å². The summed E-state index contributed by atoms with van der Waals surface area (Å²) in [6.07, 6.45) is 0. The fraction of sp³-hybridized carbons (Fsp3) is 0.500. The van der Waals surface area contributed by atoms with Crippen LogP contribution in [0.3, 0.4) is 0 Å². The van der Waals surface area contributed by atoms with Gasteiger partial charge in [0.05, 0.1) is 0 Å². The van der Waals surface area contributed by atoms with Gasteiger partial charge in [0.25, 0.3) is 0 Å². The minimum absolute atomic E-state index is 0.247. The predicted octanol–water partition coefficient (Wildman–Crippen LogP) is 2.76. The highest BCUT2D eigenvalue weighted by Gasteiger charge is 2.10. The maximum absolute atomic E-state index is 5.77. The van der Waals surface area contributed by atoms with Crippen molar-refractivity contribution in [1.82, 2.24) is 5.32 Å². The highest BCUT2D eigenvalue weighted by Crippen LogP contribution is 2.21. The fourth-order valence-corrected chi connectivity index (χ4v) is 1.83. The molecule has 0 aromatic heterocycles. The summed E-state index contributed by atoms with van der Waals surface area (Å²) in [6.45, 7) is 6.98. The van der Waals surface area contributed by atoms with Gasteiger partial charge in [-0.3, -0.25) is 0 Å². The molecule has 0 aliphatic rings. The normalized spacial score (nSPS) is 13.2. The first-order valence-electron chi connectivity index (χ1n) is 5.26. The van der Waals surface area contributed by atoms with Gasteiger partial charge < -0.3 is 11.1 Å². The summed E-state index contributed by atoms with van der Waals surface area (Å²) in [6, 6.07) is 7.07. The van der Waals surface area contributed by atoms with Crippen LogP contribution in [0.2, 0.25) is 0 Å². The highest BCUT2D eigenvalue weighted by atomic mass is 79.9. The maximum Gasteiger partial charge on any atom is 0.0446 e. The summed E-state index contributed by atoms with van der Waals surface area (Å²) in [5, 5.41) is 3.45. The van der Waals surface area contributed by atoms with Crippen molar-refractivity contribution in [3.05, 3.63) is 33.8 Å². The highest BCUT2D eigenvalue weighted by molar-refractivity contribution is 9.10. The van der Waals surface area contributed by atoms with E-state index in [0.29, 0.717) is 12.6 Å². The Labute approximate surface area is 100 Å². The van der Waals surface area contributed by atoms with Crippen molar-refractivity contribution in [2.45, 2.75) is 32.9 Å². The van der Waals surface area contributed by atoms with E-state index in [1.54, 1.807) is 0 Å². The Morgan fingerprint density at radius 2 is 2.07 bits per heavy atom. The molecule has 2 nitrogen and oxygen atoms in total. The third kappa shape index (κ3) is 3.59. The molecule has 0 fully saturated rings. The Morgan fingerprint density at radius 3 is 2.53 bits per heavy atom. The molecule has 15 heavy (non-hydrogen) atoms. The van der Waals surface area contributed by atoms with Crippen LogP contribution in [0.15, 0.2) is 22.7 Å². The van der Waals surface area contributed by atoms with Gasteiger partial charge in [-0.15, -0.1) is 0 Å². The molecule has 0 heterocycles. The molecule has 1 aromatic carbocycles. The average molecular weight is 271 g/mol. The second-order valence-electron chi connectivity index (χ2n) is 4.12. The van der Waals surface area contributed by atoms with Gasteiger partial charge in [0.15, 0.2) is 0 Å². The van der Waals surface area contributed by atoms with Crippen LogP contribution < -0.4 is 11.1 Å². The number of hydrogen-bond donors (Lipinski definition) is 2. The first kappa shape index (κ1) is 12.7. The molecule has 0 bridgehead atoms. The van der Waals surface area contributed by atoms with Crippen LogP contribution in [0.5, 0.6) is 0 Å². The lowest BCUT2D eigenvalue weighted by molar-refractivity contribution is 0.483. The van der Waals surface area contributed by atoms with Crippen LogP contribution in [0.1, 0.15) is 31.0 Å². The number of halogens is 1. The lowest BCUT2D eigenvalue weighted by atomic mass is 10.0. The topological polar surface area (TPSA) is 38.0 Å². The van der Waals surface area contributed by atoms with Gasteiger partial charge in [0.2, 0.25) is 0 Å². The first-order chi connectivity index (χ1) is 7.04. The van der Waals surface area contributed by atoms with Crippen LogP contribution in [-0.2, 0) is 0 Å². The average Bonchev–Trinajstić information content (AvgIpc) is 2.18. The summed E-state index contributed by atoms with van der Waals surface area (Å²) in [5.41, 5.74) is 8.27. The number of benzene rings is 1. The van der Waals surface area contributed by atoms with Crippen molar-refractivity contribution in [3.63, 3.8) is 0 Å². The minimum atomic E-state index is 0.247. The van der Waals surface area contributed by atoms with E-state index in [0.717, 1.165) is 4.47 Å². The van der Waals surface area contributed by atoms with Crippen LogP contribution in [0, 0.1) is 6.92 Å². The van der Waals surface area contributed by atoms with Gasteiger partial charge in [-0.05, 0) is 24.1 Å². The largest absolute Gasteiger partial charge is 0.329 e. The van der Waals surface area contributed by atoms with Gasteiger partial charge in [0, 0.05) is 23.1 Å². The Bertz CT molecular complexity index is 323. The number of nitrogens with one attached hydrogen (secondary N) is 1. The molecule has 1 atom stereocenters. The lowest BCUT2D eigenvalue weighted by Gasteiger charge is -2.20. The minimum Gasteiger partial charge on any atom is -0.329 e. The molecule has 0 saturated carbocycles. The molecular weight excluding hydrogens is 252 g/mol. The van der Waals surface area contributed by atoms with E-state index in [-0.39, 0.29) is 6.04 Å². The molecule has 1 rings (SSSR count). The van der Waals surface area contributed by atoms with E-state index in [1.807, 2.05) is 0 Å². The van der Waals surface area contributed by atoms with Gasteiger partial charge >= 0.3 is 0 Å². The lowest BCUT2D eigenvalue weighted by Crippen LogP contribution is -2.33. The maximum atomic E-state index is 5.77. The molecule has 3 N–H and O–H groups in total. The quantitative estimate of drug-likeness (QED) is 0.883. The van der Waals surface area contributed by atoms with Crippen molar-refractivity contribution in [2.75, 3.05) is 6.54 Å². The molecule has 1 unspecified atom stereocenters. The van der Waals surface area contributed by atoms with Crippen molar-refractivity contribution >= 4 is 15.9 Å². The smallest absolute Gasteiger partial charge is 0.0446 e.